The lowest BCUT2D eigenvalue weighted by molar-refractivity contribution is 0.185. The first-order chi connectivity index (χ1) is 11.7. The highest BCUT2D eigenvalue weighted by atomic mass is 16.3. The standard InChI is InChI=1S/C18H25N5O/c1-13-9-10-23(21-13)18-8-7-17(19-20-18)22-12-15(24)11-16(22)14-5-3-2-4-6-14/h7-10,14-16,24H,2-6,11-12H2,1H3/t15-,16+/m1/s1. The average Bonchev–Trinajstić information content (AvgIpc) is 3.22. The molecular formula is C18H25N5O. The van der Waals surface area contributed by atoms with Gasteiger partial charge >= 0.3 is 0 Å². The molecule has 0 unspecified atom stereocenters. The fourth-order valence-electron chi connectivity index (χ4n) is 4.21. The third-order valence-corrected chi connectivity index (χ3v) is 5.40. The summed E-state index contributed by atoms with van der Waals surface area (Å²) in [5.74, 6) is 2.27. The lowest BCUT2D eigenvalue weighted by atomic mass is 9.83. The first-order valence-electron chi connectivity index (χ1n) is 9.02. The van der Waals surface area contributed by atoms with Crippen LogP contribution in [0.3, 0.4) is 0 Å². The highest BCUT2D eigenvalue weighted by Crippen LogP contribution is 2.36. The number of rotatable bonds is 3. The van der Waals surface area contributed by atoms with Crippen molar-refractivity contribution in [1.29, 1.82) is 0 Å². The first kappa shape index (κ1) is 15.6. The number of nitrogens with zero attached hydrogens (tertiary/aromatic N) is 5. The van der Waals surface area contributed by atoms with E-state index in [1.54, 1.807) is 4.68 Å². The van der Waals surface area contributed by atoms with E-state index >= 15 is 0 Å². The Morgan fingerprint density at radius 2 is 1.79 bits per heavy atom. The van der Waals surface area contributed by atoms with E-state index in [4.69, 9.17) is 0 Å². The van der Waals surface area contributed by atoms with Crippen molar-refractivity contribution in [3.05, 3.63) is 30.1 Å². The zero-order valence-electron chi connectivity index (χ0n) is 14.2. The molecule has 6 nitrogen and oxygen atoms in total. The summed E-state index contributed by atoms with van der Waals surface area (Å²) in [4.78, 5) is 2.27. The molecule has 1 aliphatic heterocycles. The Bertz CT molecular complexity index is 677. The van der Waals surface area contributed by atoms with Gasteiger partial charge in [-0.05, 0) is 50.3 Å². The molecule has 2 aromatic rings. The fraction of sp³-hybridized carbons (Fsp3) is 0.611. The third-order valence-electron chi connectivity index (χ3n) is 5.40. The van der Waals surface area contributed by atoms with Gasteiger partial charge in [0.2, 0.25) is 0 Å². The summed E-state index contributed by atoms with van der Waals surface area (Å²) >= 11 is 0. The van der Waals surface area contributed by atoms with Crippen LogP contribution in [0, 0.1) is 12.8 Å². The molecule has 0 aromatic carbocycles. The number of hydrogen-bond acceptors (Lipinski definition) is 5. The minimum absolute atomic E-state index is 0.257. The van der Waals surface area contributed by atoms with Crippen LogP contribution in [0.2, 0.25) is 0 Å². The smallest absolute Gasteiger partial charge is 0.175 e. The number of aryl methyl sites for hydroxylation is 1. The zero-order chi connectivity index (χ0) is 16.5. The van der Waals surface area contributed by atoms with E-state index in [9.17, 15) is 5.11 Å². The maximum Gasteiger partial charge on any atom is 0.175 e. The lowest BCUT2D eigenvalue weighted by Gasteiger charge is -2.34. The molecule has 1 aliphatic carbocycles. The molecule has 24 heavy (non-hydrogen) atoms. The Labute approximate surface area is 142 Å². The molecule has 2 fully saturated rings. The third kappa shape index (κ3) is 3.02. The molecule has 1 saturated heterocycles. The van der Waals surface area contributed by atoms with Gasteiger partial charge in [-0.15, -0.1) is 10.2 Å². The van der Waals surface area contributed by atoms with Crippen molar-refractivity contribution < 1.29 is 5.11 Å². The van der Waals surface area contributed by atoms with Gasteiger partial charge in [-0.2, -0.15) is 5.10 Å². The molecule has 6 heteroatoms. The predicted molar refractivity (Wildman–Crippen MR) is 92.2 cm³/mol. The minimum Gasteiger partial charge on any atom is -0.391 e. The molecule has 1 saturated carbocycles. The fourth-order valence-corrected chi connectivity index (χ4v) is 4.21. The molecule has 0 bridgehead atoms. The van der Waals surface area contributed by atoms with Gasteiger partial charge in [0.25, 0.3) is 0 Å². The van der Waals surface area contributed by atoms with Crippen molar-refractivity contribution in [2.24, 2.45) is 5.92 Å². The monoisotopic (exact) mass is 327 g/mol. The lowest BCUT2D eigenvalue weighted by Crippen LogP contribution is -2.37. The van der Waals surface area contributed by atoms with Crippen LogP contribution < -0.4 is 4.90 Å². The van der Waals surface area contributed by atoms with E-state index < -0.39 is 0 Å². The van der Waals surface area contributed by atoms with Gasteiger partial charge < -0.3 is 10.0 Å². The van der Waals surface area contributed by atoms with E-state index in [1.165, 1.54) is 32.1 Å². The van der Waals surface area contributed by atoms with Crippen molar-refractivity contribution in [3.63, 3.8) is 0 Å². The Morgan fingerprint density at radius 1 is 1.04 bits per heavy atom. The highest BCUT2D eigenvalue weighted by Gasteiger charge is 2.37. The maximum absolute atomic E-state index is 10.2. The first-order valence-corrected chi connectivity index (χ1v) is 9.02. The molecule has 2 aliphatic rings. The van der Waals surface area contributed by atoms with Gasteiger partial charge in [0.1, 0.15) is 0 Å². The SMILES string of the molecule is Cc1ccn(-c2ccc(N3C[C@H](O)C[C@H]3C3CCCCC3)nn2)n1. The van der Waals surface area contributed by atoms with Gasteiger partial charge in [-0.3, -0.25) is 0 Å². The summed E-state index contributed by atoms with van der Waals surface area (Å²) in [5, 5.41) is 23.3. The molecule has 0 spiro atoms. The summed E-state index contributed by atoms with van der Waals surface area (Å²) in [7, 11) is 0. The Balaban J connectivity index is 1.55. The van der Waals surface area contributed by atoms with Crippen molar-refractivity contribution in [2.45, 2.75) is 57.6 Å². The average molecular weight is 327 g/mol. The summed E-state index contributed by atoms with van der Waals surface area (Å²) < 4.78 is 1.74. The predicted octanol–water partition coefficient (Wildman–Crippen LogP) is 2.49. The van der Waals surface area contributed by atoms with Crippen molar-refractivity contribution >= 4 is 5.82 Å². The minimum atomic E-state index is -0.257. The van der Waals surface area contributed by atoms with E-state index in [1.807, 2.05) is 31.3 Å². The largest absolute Gasteiger partial charge is 0.391 e. The number of β-amino-alcohol motifs (C(OH)–C–C–N with tert-alkyl or cyclic N) is 1. The van der Waals surface area contributed by atoms with Gasteiger partial charge in [-0.25, -0.2) is 4.68 Å². The second-order valence-corrected chi connectivity index (χ2v) is 7.16. The quantitative estimate of drug-likeness (QED) is 0.938. The van der Waals surface area contributed by atoms with E-state index in [2.05, 4.69) is 20.2 Å². The van der Waals surface area contributed by atoms with Crippen molar-refractivity contribution in [1.82, 2.24) is 20.0 Å². The van der Waals surface area contributed by atoms with Crippen molar-refractivity contribution in [3.8, 4) is 5.82 Å². The van der Waals surface area contributed by atoms with Crippen LogP contribution in [0.4, 0.5) is 5.82 Å². The molecular weight excluding hydrogens is 302 g/mol. The molecule has 3 heterocycles. The van der Waals surface area contributed by atoms with E-state index in [0.717, 1.165) is 23.8 Å². The summed E-state index contributed by atoms with van der Waals surface area (Å²) in [6, 6.07) is 6.31. The molecule has 2 aromatic heterocycles. The van der Waals surface area contributed by atoms with Crippen LogP contribution in [0.5, 0.6) is 0 Å². The molecule has 0 radical (unpaired) electrons. The Morgan fingerprint density at radius 3 is 2.46 bits per heavy atom. The summed E-state index contributed by atoms with van der Waals surface area (Å²) in [6.07, 6.45) is 9.01. The van der Waals surface area contributed by atoms with Crippen LogP contribution in [0.1, 0.15) is 44.2 Å². The summed E-state index contributed by atoms with van der Waals surface area (Å²) in [5.41, 5.74) is 0.959. The molecule has 1 N–H and O–H groups in total. The van der Waals surface area contributed by atoms with Gasteiger partial charge in [0.15, 0.2) is 11.6 Å². The summed E-state index contributed by atoms with van der Waals surface area (Å²) in [6.45, 7) is 2.62. The Kier molecular flexibility index (Phi) is 4.22. The van der Waals surface area contributed by atoms with Gasteiger partial charge in [0, 0.05) is 18.8 Å². The van der Waals surface area contributed by atoms with Crippen LogP contribution >= 0.6 is 0 Å². The molecule has 0 amide bonds. The van der Waals surface area contributed by atoms with Crippen molar-refractivity contribution in [2.75, 3.05) is 11.4 Å². The maximum atomic E-state index is 10.2. The van der Waals surface area contributed by atoms with Gasteiger partial charge in [0.05, 0.1) is 11.8 Å². The van der Waals surface area contributed by atoms with E-state index in [-0.39, 0.29) is 6.10 Å². The number of hydrogen-bond donors (Lipinski definition) is 1. The highest BCUT2D eigenvalue weighted by molar-refractivity contribution is 5.43. The number of anilines is 1. The normalized spacial score (nSPS) is 25.3. The van der Waals surface area contributed by atoms with Crippen LogP contribution in [0.25, 0.3) is 5.82 Å². The molecule has 4 rings (SSSR count). The van der Waals surface area contributed by atoms with Crippen LogP contribution in [-0.2, 0) is 0 Å². The van der Waals surface area contributed by atoms with Crippen LogP contribution in [0.15, 0.2) is 24.4 Å². The van der Waals surface area contributed by atoms with E-state index in [0.29, 0.717) is 18.5 Å². The topological polar surface area (TPSA) is 67.1 Å². The zero-order valence-corrected chi connectivity index (χ0v) is 14.2. The number of aliphatic hydroxyl groups excluding tert-OH is 1. The molecule has 2 atom stereocenters. The second kappa shape index (κ2) is 6.51. The van der Waals surface area contributed by atoms with Gasteiger partial charge in [-0.1, -0.05) is 19.3 Å². The number of aliphatic hydroxyl groups is 1. The molecule has 128 valence electrons. The van der Waals surface area contributed by atoms with Crippen LogP contribution in [-0.4, -0.2) is 43.8 Å². The second-order valence-electron chi connectivity index (χ2n) is 7.16. The number of aromatic nitrogens is 4. The Hall–Kier alpha value is -1.95.